The van der Waals surface area contributed by atoms with E-state index in [9.17, 15) is 5.11 Å². The Morgan fingerprint density at radius 3 is 2.88 bits per heavy atom. The van der Waals surface area contributed by atoms with Gasteiger partial charge in [0.2, 0.25) is 0 Å². The highest BCUT2D eigenvalue weighted by Gasteiger charge is 2.09. The first kappa shape index (κ1) is 11.1. The number of halogens is 1. The molecule has 0 radical (unpaired) electrons. The van der Waals surface area contributed by atoms with Gasteiger partial charge in [0.1, 0.15) is 12.7 Å². The number of aromatic nitrogens is 3. The molecule has 1 unspecified atom stereocenters. The van der Waals surface area contributed by atoms with Gasteiger partial charge in [-0.25, -0.2) is 9.67 Å². The van der Waals surface area contributed by atoms with Gasteiger partial charge in [-0.15, -0.1) is 0 Å². The van der Waals surface area contributed by atoms with Crippen LogP contribution in [0.5, 0.6) is 0 Å². The lowest BCUT2D eigenvalue weighted by molar-refractivity contribution is 0.187. The van der Waals surface area contributed by atoms with Gasteiger partial charge in [0.05, 0.1) is 16.8 Å². The summed E-state index contributed by atoms with van der Waals surface area (Å²) < 4.78 is 1.56. The van der Waals surface area contributed by atoms with Crippen molar-refractivity contribution in [3.05, 3.63) is 41.4 Å². The quantitative estimate of drug-likeness (QED) is 0.834. The Morgan fingerprint density at radius 1 is 1.50 bits per heavy atom. The van der Waals surface area contributed by atoms with Crippen LogP contribution in [0.2, 0.25) is 5.02 Å². The summed E-state index contributed by atoms with van der Waals surface area (Å²) in [5.41, 5.74) is 6.77. The predicted molar refractivity (Wildman–Crippen MR) is 60.4 cm³/mol. The van der Waals surface area contributed by atoms with Gasteiger partial charge in [-0.05, 0) is 17.7 Å². The van der Waals surface area contributed by atoms with Crippen molar-refractivity contribution in [2.45, 2.75) is 6.10 Å². The zero-order valence-electron chi connectivity index (χ0n) is 8.42. The van der Waals surface area contributed by atoms with Crippen LogP contribution in [0, 0.1) is 0 Å². The summed E-state index contributed by atoms with van der Waals surface area (Å²) >= 11 is 6.08. The average molecular weight is 239 g/mol. The Morgan fingerprint density at radius 2 is 2.31 bits per heavy atom. The minimum Gasteiger partial charge on any atom is -0.387 e. The number of hydrogen-bond donors (Lipinski definition) is 2. The van der Waals surface area contributed by atoms with Crippen LogP contribution in [-0.4, -0.2) is 26.4 Å². The fraction of sp³-hybridized carbons (Fsp3) is 0.200. The number of nitrogens with two attached hydrogens (primary N) is 1. The van der Waals surface area contributed by atoms with Gasteiger partial charge in [-0.3, -0.25) is 0 Å². The second kappa shape index (κ2) is 4.61. The van der Waals surface area contributed by atoms with Crippen LogP contribution in [0.1, 0.15) is 11.7 Å². The molecule has 0 fully saturated rings. The molecule has 1 atom stereocenters. The van der Waals surface area contributed by atoms with E-state index in [1.54, 1.807) is 29.2 Å². The number of aliphatic hydroxyl groups excluding tert-OH is 1. The zero-order chi connectivity index (χ0) is 11.5. The third-order valence-electron chi connectivity index (χ3n) is 2.25. The van der Waals surface area contributed by atoms with E-state index in [0.717, 1.165) is 0 Å². The lowest BCUT2D eigenvalue weighted by Crippen LogP contribution is -2.11. The molecule has 0 saturated heterocycles. The maximum absolute atomic E-state index is 9.56. The second-order valence-electron chi connectivity index (χ2n) is 3.30. The maximum Gasteiger partial charge on any atom is 0.138 e. The van der Waals surface area contributed by atoms with Crippen molar-refractivity contribution in [3.63, 3.8) is 0 Å². The average Bonchev–Trinajstić information content (AvgIpc) is 2.81. The molecule has 16 heavy (non-hydrogen) atoms. The van der Waals surface area contributed by atoms with Crippen LogP contribution >= 0.6 is 11.6 Å². The maximum atomic E-state index is 9.56. The Kier molecular flexibility index (Phi) is 3.19. The number of nitrogens with zero attached hydrogens (tertiary/aromatic N) is 3. The lowest BCUT2D eigenvalue weighted by atomic mass is 10.1. The topological polar surface area (TPSA) is 77.0 Å². The number of rotatable bonds is 3. The molecule has 0 aliphatic heterocycles. The first-order valence-electron chi connectivity index (χ1n) is 4.75. The van der Waals surface area contributed by atoms with Crippen molar-refractivity contribution in [2.24, 2.45) is 5.73 Å². The molecule has 2 rings (SSSR count). The molecular weight excluding hydrogens is 228 g/mol. The molecule has 0 aliphatic rings. The van der Waals surface area contributed by atoms with Crippen LogP contribution in [0.25, 0.3) is 5.69 Å². The highest BCUT2D eigenvalue weighted by Crippen LogP contribution is 2.23. The molecule has 0 saturated carbocycles. The summed E-state index contributed by atoms with van der Waals surface area (Å²) in [6.45, 7) is 0.166. The summed E-state index contributed by atoms with van der Waals surface area (Å²) in [6.07, 6.45) is 2.29. The largest absolute Gasteiger partial charge is 0.387 e. The van der Waals surface area contributed by atoms with Crippen LogP contribution < -0.4 is 5.73 Å². The van der Waals surface area contributed by atoms with E-state index in [4.69, 9.17) is 17.3 Å². The Bertz CT molecular complexity index is 472. The monoisotopic (exact) mass is 238 g/mol. The smallest absolute Gasteiger partial charge is 0.138 e. The number of hydrogen-bond acceptors (Lipinski definition) is 4. The highest BCUT2D eigenvalue weighted by molar-refractivity contribution is 6.32. The van der Waals surface area contributed by atoms with Gasteiger partial charge in [0, 0.05) is 6.54 Å². The zero-order valence-corrected chi connectivity index (χ0v) is 9.17. The fourth-order valence-electron chi connectivity index (χ4n) is 1.38. The van der Waals surface area contributed by atoms with Crippen molar-refractivity contribution in [1.29, 1.82) is 0 Å². The van der Waals surface area contributed by atoms with Gasteiger partial charge in [0.15, 0.2) is 0 Å². The van der Waals surface area contributed by atoms with E-state index in [-0.39, 0.29) is 6.54 Å². The molecule has 0 amide bonds. The first-order chi connectivity index (χ1) is 7.72. The minimum atomic E-state index is -0.692. The normalized spacial score (nSPS) is 12.7. The summed E-state index contributed by atoms with van der Waals surface area (Å²) in [5.74, 6) is 0. The standard InChI is InChI=1S/C10H11ClN4O/c11-8-3-7(10(16)4-12)1-2-9(8)15-6-13-5-14-15/h1-3,5-6,10,16H,4,12H2. The molecule has 1 aromatic heterocycles. The van der Waals surface area contributed by atoms with E-state index >= 15 is 0 Å². The van der Waals surface area contributed by atoms with Crippen molar-refractivity contribution in [1.82, 2.24) is 14.8 Å². The van der Waals surface area contributed by atoms with Crippen LogP contribution in [-0.2, 0) is 0 Å². The van der Waals surface area contributed by atoms with Gasteiger partial charge in [0.25, 0.3) is 0 Å². The van der Waals surface area contributed by atoms with Crippen molar-refractivity contribution in [2.75, 3.05) is 6.54 Å². The van der Waals surface area contributed by atoms with Crippen molar-refractivity contribution >= 4 is 11.6 Å². The molecule has 6 heteroatoms. The van der Waals surface area contributed by atoms with Gasteiger partial charge in [-0.2, -0.15) is 5.10 Å². The molecule has 0 aliphatic carbocycles. The van der Waals surface area contributed by atoms with Gasteiger partial charge >= 0.3 is 0 Å². The summed E-state index contributed by atoms with van der Waals surface area (Å²) in [5, 5.41) is 14.0. The molecule has 2 aromatic rings. The van der Waals surface area contributed by atoms with Crippen molar-refractivity contribution in [3.8, 4) is 5.69 Å². The van der Waals surface area contributed by atoms with Crippen LogP contribution in [0.4, 0.5) is 0 Å². The Hall–Kier alpha value is -1.43. The molecule has 5 nitrogen and oxygen atoms in total. The predicted octanol–water partition coefficient (Wildman–Crippen LogP) is 0.913. The summed E-state index contributed by atoms with van der Waals surface area (Å²) in [6, 6.07) is 5.21. The first-order valence-corrected chi connectivity index (χ1v) is 5.12. The van der Waals surface area contributed by atoms with E-state index in [1.165, 1.54) is 6.33 Å². The minimum absolute atomic E-state index is 0.166. The van der Waals surface area contributed by atoms with Gasteiger partial charge in [-0.1, -0.05) is 17.7 Å². The number of aliphatic hydroxyl groups is 1. The van der Waals surface area contributed by atoms with Crippen LogP contribution in [0.15, 0.2) is 30.9 Å². The highest BCUT2D eigenvalue weighted by atomic mass is 35.5. The molecule has 1 heterocycles. The van der Waals surface area contributed by atoms with Gasteiger partial charge < -0.3 is 10.8 Å². The molecule has 0 spiro atoms. The summed E-state index contributed by atoms with van der Waals surface area (Å²) in [4.78, 5) is 3.84. The second-order valence-corrected chi connectivity index (χ2v) is 3.71. The van der Waals surface area contributed by atoms with Crippen LogP contribution in [0.3, 0.4) is 0 Å². The fourth-order valence-corrected chi connectivity index (χ4v) is 1.66. The third kappa shape index (κ3) is 2.06. The Balaban J connectivity index is 2.37. The molecule has 0 bridgehead atoms. The third-order valence-corrected chi connectivity index (χ3v) is 2.55. The van der Waals surface area contributed by atoms with E-state index in [1.807, 2.05) is 0 Å². The molecule has 3 N–H and O–H groups in total. The van der Waals surface area contributed by atoms with E-state index in [2.05, 4.69) is 10.1 Å². The number of benzene rings is 1. The molecule has 84 valence electrons. The van der Waals surface area contributed by atoms with E-state index in [0.29, 0.717) is 16.3 Å². The SMILES string of the molecule is NCC(O)c1ccc(-n2cncn2)c(Cl)c1. The van der Waals surface area contributed by atoms with Crippen molar-refractivity contribution < 1.29 is 5.11 Å². The van der Waals surface area contributed by atoms with E-state index < -0.39 is 6.10 Å². The Labute approximate surface area is 97.5 Å². The molecular formula is C10H11ClN4O. The lowest BCUT2D eigenvalue weighted by Gasteiger charge is -2.10. The molecule has 1 aromatic carbocycles. The summed E-state index contributed by atoms with van der Waals surface area (Å²) in [7, 11) is 0.